The summed E-state index contributed by atoms with van der Waals surface area (Å²) in [6.07, 6.45) is 6.03. The van der Waals surface area contributed by atoms with Gasteiger partial charge in [0.1, 0.15) is 17.7 Å². The molecule has 0 aliphatic rings. The Bertz CT molecular complexity index is 621. The Morgan fingerprint density at radius 3 is 2.17 bits per heavy atom. The molecule has 0 aliphatic heterocycles. The number of carbonyl (C=O) groups excluding carboxylic acids is 4. The molecule has 1 N–H and O–H groups in total. The molecule has 0 saturated heterocycles. The van der Waals surface area contributed by atoms with E-state index in [0.29, 0.717) is 39.1 Å². The van der Waals surface area contributed by atoms with Gasteiger partial charge in [0.05, 0.1) is 19.6 Å². The number of nitrogens with zero attached hydrogens (tertiary/aromatic N) is 3. The molecule has 0 spiro atoms. The summed E-state index contributed by atoms with van der Waals surface area (Å²) in [5.74, 6) is -0.0196. The normalized spacial score (nSPS) is 11.8. The van der Waals surface area contributed by atoms with E-state index in [1.807, 2.05) is 32.7 Å². The maximum atomic E-state index is 12.3. The molecule has 0 atom stereocenters. The lowest BCUT2D eigenvalue weighted by molar-refractivity contribution is -0.155. The number of esters is 1. The van der Waals surface area contributed by atoms with Crippen molar-refractivity contribution in [2.75, 3.05) is 66.0 Å². The van der Waals surface area contributed by atoms with E-state index < -0.39 is 5.60 Å². The average Bonchev–Trinajstić information content (AvgIpc) is 2.72. The molecule has 0 aromatic heterocycles. The number of rotatable bonds is 21. The molecule has 0 heterocycles. The first-order valence-electron chi connectivity index (χ1n) is 13.0. The lowest BCUT2D eigenvalue weighted by Crippen LogP contribution is -2.41. The Morgan fingerprint density at radius 1 is 0.886 bits per heavy atom. The number of aldehydes is 1. The van der Waals surface area contributed by atoms with Gasteiger partial charge in [0, 0.05) is 26.1 Å². The quantitative estimate of drug-likeness (QED) is 0.146. The molecule has 0 saturated carbocycles. The number of nitrogens with one attached hydrogen (secondary N) is 1. The van der Waals surface area contributed by atoms with Crippen LogP contribution in [0, 0.1) is 0 Å². The number of carbonyl (C=O) groups is 4. The van der Waals surface area contributed by atoms with Crippen molar-refractivity contribution in [3.8, 4) is 0 Å². The van der Waals surface area contributed by atoms with Crippen LogP contribution in [0.5, 0.6) is 0 Å². The summed E-state index contributed by atoms with van der Waals surface area (Å²) in [5.41, 5.74) is -0.501. The molecule has 0 aliphatic carbocycles. The third-order valence-corrected chi connectivity index (χ3v) is 5.33. The van der Waals surface area contributed by atoms with Gasteiger partial charge in [0.15, 0.2) is 0 Å². The van der Waals surface area contributed by atoms with Gasteiger partial charge in [-0.3, -0.25) is 24.3 Å². The lowest BCUT2D eigenvalue weighted by atomic mass is 10.1. The van der Waals surface area contributed by atoms with Crippen LogP contribution in [0.2, 0.25) is 0 Å². The van der Waals surface area contributed by atoms with Crippen LogP contribution in [0.4, 0.5) is 0 Å². The fraction of sp³-hybridized carbons (Fsp3) is 0.846. The Kier molecular flexibility index (Phi) is 18.3. The minimum absolute atomic E-state index is 0.0264. The van der Waals surface area contributed by atoms with Gasteiger partial charge in [-0.05, 0) is 80.1 Å². The van der Waals surface area contributed by atoms with Gasteiger partial charge in [0.25, 0.3) is 0 Å². The molecule has 0 fully saturated rings. The highest BCUT2D eigenvalue weighted by Gasteiger charge is 2.18. The van der Waals surface area contributed by atoms with E-state index in [0.717, 1.165) is 58.0 Å². The largest absolute Gasteiger partial charge is 0.459 e. The first-order valence-corrected chi connectivity index (χ1v) is 13.0. The van der Waals surface area contributed by atoms with Gasteiger partial charge >= 0.3 is 5.97 Å². The van der Waals surface area contributed by atoms with Crippen LogP contribution in [0.1, 0.15) is 73.1 Å². The van der Waals surface area contributed by atoms with Crippen molar-refractivity contribution < 1.29 is 23.9 Å². The molecular formula is C26H50N4O5. The highest BCUT2D eigenvalue weighted by atomic mass is 16.6. The van der Waals surface area contributed by atoms with E-state index in [1.165, 1.54) is 0 Å². The highest BCUT2D eigenvalue weighted by Crippen LogP contribution is 2.07. The van der Waals surface area contributed by atoms with Crippen molar-refractivity contribution in [2.45, 2.75) is 78.7 Å². The highest BCUT2D eigenvalue weighted by molar-refractivity contribution is 5.78. The lowest BCUT2D eigenvalue weighted by Gasteiger charge is -2.26. The van der Waals surface area contributed by atoms with E-state index in [2.05, 4.69) is 22.0 Å². The van der Waals surface area contributed by atoms with Gasteiger partial charge in [-0.1, -0.05) is 13.3 Å². The minimum Gasteiger partial charge on any atom is -0.459 e. The number of ether oxygens (including phenoxy) is 1. The summed E-state index contributed by atoms with van der Waals surface area (Å²) < 4.78 is 5.36. The van der Waals surface area contributed by atoms with Crippen molar-refractivity contribution in [1.29, 1.82) is 0 Å². The van der Waals surface area contributed by atoms with Gasteiger partial charge in [-0.25, -0.2) is 0 Å². The minimum atomic E-state index is -0.501. The van der Waals surface area contributed by atoms with Crippen molar-refractivity contribution in [3.05, 3.63) is 0 Å². The standard InChI is InChI=1S/C26H50N4O5/c1-7-14-30(21-24(33)27-13-10-8-9-12-23(2)32)16-11-15-29(19-20-31)18-17-28(6)22-25(34)35-26(3,4)5/h20H,7-19,21-22H2,1-6H3,(H,27,33). The van der Waals surface area contributed by atoms with Gasteiger partial charge in [0.2, 0.25) is 5.91 Å². The Balaban J connectivity index is 4.32. The molecule has 0 radical (unpaired) electrons. The van der Waals surface area contributed by atoms with Crippen LogP contribution in [-0.4, -0.2) is 110 Å². The summed E-state index contributed by atoms with van der Waals surface area (Å²) in [5, 5.41) is 2.98. The molecule has 0 bridgehead atoms. The second kappa shape index (κ2) is 19.4. The molecule has 1 amide bonds. The molecule has 9 nitrogen and oxygen atoms in total. The molecule has 0 unspecified atom stereocenters. The third kappa shape index (κ3) is 21.2. The van der Waals surface area contributed by atoms with E-state index in [4.69, 9.17) is 4.74 Å². The predicted molar refractivity (Wildman–Crippen MR) is 139 cm³/mol. The van der Waals surface area contributed by atoms with Crippen LogP contribution in [0.15, 0.2) is 0 Å². The fourth-order valence-corrected chi connectivity index (χ4v) is 3.65. The van der Waals surface area contributed by atoms with E-state index in [-0.39, 0.29) is 24.2 Å². The summed E-state index contributed by atoms with van der Waals surface area (Å²) in [4.78, 5) is 52.5. The Hall–Kier alpha value is -1.84. The number of amides is 1. The summed E-state index contributed by atoms with van der Waals surface area (Å²) >= 11 is 0. The summed E-state index contributed by atoms with van der Waals surface area (Å²) in [6, 6.07) is 0. The van der Waals surface area contributed by atoms with Crippen molar-refractivity contribution in [1.82, 2.24) is 20.0 Å². The van der Waals surface area contributed by atoms with E-state index >= 15 is 0 Å². The van der Waals surface area contributed by atoms with Gasteiger partial charge in [-0.15, -0.1) is 0 Å². The smallest absolute Gasteiger partial charge is 0.320 e. The zero-order valence-electron chi connectivity index (χ0n) is 23.1. The number of hydrogen-bond donors (Lipinski definition) is 1. The first-order chi connectivity index (χ1) is 16.5. The van der Waals surface area contributed by atoms with E-state index in [9.17, 15) is 19.2 Å². The molecule has 9 heteroatoms. The average molecular weight is 499 g/mol. The Labute approximate surface area is 212 Å². The number of Topliss-reactive ketones (excluding diaryl/α,β-unsaturated/α-hetero) is 1. The number of ketones is 1. The SMILES string of the molecule is CCCN(CCCN(CC=O)CCN(C)CC(=O)OC(C)(C)C)CC(=O)NCCCCCC(C)=O. The fourth-order valence-electron chi connectivity index (χ4n) is 3.65. The predicted octanol–water partition coefficient (Wildman–Crippen LogP) is 2.13. The molecular weight excluding hydrogens is 448 g/mol. The van der Waals surface area contributed by atoms with Crippen LogP contribution in [0.25, 0.3) is 0 Å². The topological polar surface area (TPSA) is 99.3 Å². The number of unbranched alkanes of at least 4 members (excludes halogenated alkanes) is 2. The van der Waals surface area contributed by atoms with Crippen molar-refractivity contribution in [3.63, 3.8) is 0 Å². The maximum Gasteiger partial charge on any atom is 0.320 e. The van der Waals surface area contributed by atoms with E-state index in [1.54, 1.807) is 6.92 Å². The summed E-state index contributed by atoms with van der Waals surface area (Å²) in [6.45, 7) is 14.5. The second-order valence-corrected chi connectivity index (χ2v) is 10.3. The van der Waals surface area contributed by atoms with Gasteiger partial charge in [-0.2, -0.15) is 0 Å². The number of likely N-dealkylation sites (N-methyl/N-ethyl adjacent to an activating group) is 1. The molecule has 35 heavy (non-hydrogen) atoms. The van der Waals surface area contributed by atoms with Crippen LogP contribution in [0.3, 0.4) is 0 Å². The van der Waals surface area contributed by atoms with Crippen molar-refractivity contribution >= 4 is 23.9 Å². The van der Waals surface area contributed by atoms with Crippen molar-refractivity contribution in [2.24, 2.45) is 0 Å². The first kappa shape index (κ1) is 33.2. The van der Waals surface area contributed by atoms with Crippen LogP contribution >= 0.6 is 0 Å². The Morgan fingerprint density at radius 2 is 1.57 bits per heavy atom. The monoisotopic (exact) mass is 498 g/mol. The second-order valence-electron chi connectivity index (χ2n) is 10.3. The van der Waals surface area contributed by atoms with Gasteiger partial charge < -0.3 is 19.6 Å². The molecule has 0 aromatic rings. The molecule has 204 valence electrons. The number of hydrogen-bond acceptors (Lipinski definition) is 8. The summed E-state index contributed by atoms with van der Waals surface area (Å²) in [7, 11) is 1.87. The van der Waals surface area contributed by atoms with Crippen LogP contribution in [-0.2, 0) is 23.9 Å². The third-order valence-electron chi connectivity index (χ3n) is 5.33. The maximum absolute atomic E-state index is 12.3. The zero-order chi connectivity index (χ0) is 26.7. The molecule has 0 rings (SSSR count). The zero-order valence-corrected chi connectivity index (χ0v) is 23.1. The van der Waals surface area contributed by atoms with Crippen LogP contribution < -0.4 is 5.32 Å². The molecule has 0 aromatic carbocycles.